The fourth-order valence-corrected chi connectivity index (χ4v) is 5.39. The summed E-state index contributed by atoms with van der Waals surface area (Å²) in [6, 6.07) is 0. The summed E-state index contributed by atoms with van der Waals surface area (Å²) < 4.78 is 29.4. The molecule has 4 heterocycles. The summed E-state index contributed by atoms with van der Waals surface area (Å²) in [6.45, 7) is 5.45. The van der Waals surface area contributed by atoms with Crippen LogP contribution in [0.3, 0.4) is 0 Å². The number of carbonyl (C=O) groups excluding carboxylic acids is 1. The number of ether oxygens (including phenoxy) is 5. The molecule has 21 heavy (non-hydrogen) atoms. The molecule has 5 fully saturated rings. The first-order valence-electron chi connectivity index (χ1n) is 7.82. The summed E-state index contributed by atoms with van der Waals surface area (Å²) in [7, 11) is 0. The highest BCUT2D eigenvalue weighted by Gasteiger charge is 2.88. The van der Waals surface area contributed by atoms with E-state index in [9.17, 15) is 4.79 Å². The van der Waals surface area contributed by atoms with Gasteiger partial charge in [0.05, 0.1) is 6.61 Å². The smallest absolute Gasteiger partial charge is 0.342 e. The van der Waals surface area contributed by atoms with E-state index < -0.39 is 23.1 Å². The molecule has 6 nitrogen and oxygen atoms in total. The van der Waals surface area contributed by atoms with Gasteiger partial charge < -0.3 is 23.7 Å². The van der Waals surface area contributed by atoms with Crippen LogP contribution in [0, 0.1) is 11.8 Å². The summed E-state index contributed by atoms with van der Waals surface area (Å²) in [5, 5.41) is 0. The van der Waals surface area contributed by atoms with Gasteiger partial charge >= 0.3 is 5.97 Å². The van der Waals surface area contributed by atoms with Crippen LogP contribution in [0.5, 0.6) is 0 Å². The highest BCUT2D eigenvalue weighted by atomic mass is 16.8. The molecule has 0 N–H and O–H groups in total. The van der Waals surface area contributed by atoms with E-state index in [1.807, 2.05) is 13.8 Å². The van der Waals surface area contributed by atoms with Gasteiger partial charge in [0.1, 0.15) is 6.10 Å². The zero-order chi connectivity index (χ0) is 14.5. The van der Waals surface area contributed by atoms with E-state index in [4.69, 9.17) is 23.7 Å². The van der Waals surface area contributed by atoms with Gasteiger partial charge in [-0.05, 0) is 26.7 Å². The van der Waals surface area contributed by atoms with Gasteiger partial charge in [0, 0.05) is 25.0 Å². The first kappa shape index (κ1) is 12.8. The second kappa shape index (κ2) is 3.62. The summed E-state index contributed by atoms with van der Waals surface area (Å²) in [6.07, 6.45) is 1.19. The Bertz CT molecular complexity index is 518. The molecule has 4 saturated heterocycles. The highest BCUT2D eigenvalue weighted by molar-refractivity contribution is 5.88. The highest BCUT2D eigenvalue weighted by Crippen LogP contribution is 2.70. The molecule has 0 aromatic rings. The first-order chi connectivity index (χ1) is 10.0. The minimum Gasteiger partial charge on any atom is -0.454 e. The standard InChI is InChI=1S/C15H20O6/c1-13(2)19-7-10(21-13)11-14-8(3-5-17-14)9-4-6-18-15(9,14)12(16)20-11/h8-11H,3-7H2,1-2H3/t8?,9?,10?,11-,14?,15?/m1/s1. The summed E-state index contributed by atoms with van der Waals surface area (Å²) in [4.78, 5) is 12.6. The van der Waals surface area contributed by atoms with Crippen LogP contribution < -0.4 is 0 Å². The van der Waals surface area contributed by atoms with Gasteiger partial charge in [0.25, 0.3) is 0 Å². The van der Waals surface area contributed by atoms with Gasteiger partial charge in [-0.3, -0.25) is 0 Å². The maximum Gasteiger partial charge on any atom is 0.342 e. The molecule has 1 aliphatic carbocycles. The van der Waals surface area contributed by atoms with Crippen molar-refractivity contribution in [3.05, 3.63) is 0 Å². The molecule has 0 aromatic carbocycles. The second-order valence-electron chi connectivity index (χ2n) is 7.21. The van der Waals surface area contributed by atoms with Gasteiger partial charge in [-0.15, -0.1) is 0 Å². The summed E-state index contributed by atoms with van der Waals surface area (Å²) in [5.41, 5.74) is -1.53. The van der Waals surface area contributed by atoms with Crippen LogP contribution in [0.1, 0.15) is 26.7 Å². The normalized spacial score (nSPS) is 56.6. The van der Waals surface area contributed by atoms with Crippen LogP contribution >= 0.6 is 0 Å². The molecule has 2 spiro atoms. The Morgan fingerprint density at radius 2 is 1.81 bits per heavy atom. The molecule has 0 aromatic heterocycles. The Labute approximate surface area is 123 Å². The quantitative estimate of drug-likeness (QED) is 0.661. The van der Waals surface area contributed by atoms with Crippen LogP contribution in [0.15, 0.2) is 0 Å². The number of hydrogen-bond acceptors (Lipinski definition) is 6. The largest absolute Gasteiger partial charge is 0.454 e. The molecule has 5 aliphatic rings. The van der Waals surface area contributed by atoms with Crippen LogP contribution in [0.2, 0.25) is 0 Å². The van der Waals surface area contributed by atoms with Crippen molar-refractivity contribution in [2.75, 3.05) is 19.8 Å². The predicted molar refractivity (Wildman–Crippen MR) is 68.4 cm³/mol. The third-order valence-corrected chi connectivity index (χ3v) is 6.00. The van der Waals surface area contributed by atoms with Crippen molar-refractivity contribution in [2.45, 2.75) is 55.9 Å². The van der Waals surface area contributed by atoms with E-state index in [0.717, 1.165) is 12.8 Å². The van der Waals surface area contributed by atoms with Gasteiger partial charge in [-0.2, -0.15) is 0 Å². The Morgan fingerprint density at radius 3 is 2.57 bits per heavy atom. The van der Waals surface area contributed by atoms with E-state index in [2.05, 4.69) is 0 Å². The molecule has 5 rings (SSSR count). The number of hydrogen-bond donors (Lipinski definition) is 0. The number of fused-ring (bicyclic) bond motifs is 1. The van der Waals surface area contributed by atoms with Crippen molar-refractivity contribution in [3.8, 4) is 0 Å². The first-order valence-corrected chi connectivity index (χ1v) is 7.82. The predicted octanol–water partition coefficient (Wildman–Crippen LogP) is 0.627. The lowest BCUT2D eigenvalue weighted by Gasteiger charge is -2.56. The van der Waals surface area contributed by atoms with Crippen molar-refractivity contribution in [1.29, 1.82) is 0 Å². The molecule has 6 atom stereocenters. The van der Waals surface area contributed by atoms with Crippen LogP contribution in [0.25, 0.3) is 0 Å². The van der Waals surface area contributed by atoms with Crippen molar-refractivity contribution in [2.24, 2.45) is 11.8 Å². The van der Waals surface area contributed by atoms with Crippen molar-refractivity contribution < 1.29 is 28.5 Å². The number of carbonyl (C=O) groups is 1. The third kappa shape index (κ3) is 1.20. The summed E-state index contributed by atoms with van der Waals surface area (Å²) in [5.74, 6) is -0.324. The van der Waals surface area contributed by atoms with Crippen molar-refractivity contribution >= 4 is 5.97 Å². The minimum atomic E-state index is -0.880. The molecule has 0 bridgehead atoms. The Kier molecular flexibility index (Phi) is 2.21. The molecular formula is C15H20O6. The lowest BCUT2D eigenvalue weighted by atomic mass is 9.49. The number of rotatable bonds is 1. The molecule has 4 aliphatic heterocycles. The molecule has 1 saturated carbocycles. The van der Waals surface area contributed by atoms with E-state index in [-0.39, 0.29) is 18.0 Å². The zero-order valence-electron chi connectivity index (χ0n) is 12.3. The number of cyclic esters (lactones) is 1. The van der Waals surface area contributed by atoms with Gasteiger partial charge in [0.15, 0.2) is 17.5 Å². The SMILES string of the molecule is CC1(C)OCC([C@H]2OC(=O)C34OCCC3C3CCOC324)O1. The maximum atomic E-state index is 12.6. The molecule has 0 radical (unpaired) electrons. The van der Waals surface area contributed by atoms with E-state index in [0.29, 0.717) is 25.7 Å². The van der Waals surface area contributed by atoms with Crippen LogP contribution in [-0.2, 0) is 28.5 Å². The van der Waals surface area contributed by atoms with Crippen molar-refractivity contribution in [3.63, 3.8) is 0 Å². The van der Waals surface area contributed by atoms with E-state index in [1.54, 1.807) is 0 Å². The van der Waals surface area contributed by atoms with Gasteiger partial charge in [-0.25, -0.2) is 4.79 Å². The maximum absolute atomic E-state index is 12.6. The van der Waals surface area contributed by atoms with E-state index in [1.165, 1.54) is 0 Å². The lowest BCUT2D eigenvalue weighted by Crippen LogP contribution is -2.76. The fraction of sp³-hybridized carbons (Fsp3) is 0.933. The minimum absolute atomic E-state index is 0.243. The lowest BCUT2D eigenvalue weighted by molar-refractivity contribution is -0.264. The zero-order valence-corrected chi connectivity index (χ0v) is 12.3. The van der Waals surface area contributed by atoms with Crippen LogP contribution in [0.4, 0.5) is 0 Å². The Morgan fingerprint density at radius 1 is 1.05 bits per heavy atom. The molecule has 0 amide bonds. The fourth-order valence-electron chi connectivity index (χ4n) is 5.39. The molecular weight excluding hydrogens is 276 g/mol. The topological polar surface area (TPSA) is 63.2 Å². The average Bonchev–Trinajstić information content (AvgIpc) is 3.12. The van der Waals surface area contributed by atoms with Crippen LogP contribution in [-0.4, -0.2) is 55.0 Å². The van der Waals surface area contributed by atoms with Gasteiger partial charge in [0.2, 0.25) is 5.60 Å². The monoisotopic (exact) mass is 296 g/mol. The molecule has 6 heteroatoms. The molecule has 116 valence electrons. The molecule has 5 unspecified atom stereocenters. The van der Waals surface area contributed by atoms with E-state index >= 15 is 0 Å². The Balaban J connectivity index is 1.56. The Hall–Kier alpha value is -0.690. The average molecular weight is 296 g/mol. The third-order valence-electron chi connectivity index (χ3n) is 6.00. The summed E-state index contributed by atoms with van der Waals surface area (Å²) >= 11 is 0. The second-order valence-corrected chi connectivity index (χ2v) is 7.21. The van der Waals surface area contributed by atoms with Gasteiger partial charge in [-0.1, -0.05) is 0 Å². The van der Waals surface area contributed by atoms with Crippen molar-refractivity contribution in [1.82, 2.24) is 0 Å². The number of esters is 1.